The molecule has 0 aliphatic heterocycles. The highest BCUT2D eigenvalue weighted by Gasteiger charge is 2.28. The lowest BCUT2D eigenvalue weighted by Gasteiger charge is -2.15. The number of rotatable bonds is 2. The predicted octanol–water partition coefficient (Wildman–Crippen LogP) is 2.75. The number of methoxy groups -OCH3 is 1. The molecule has 0 spiro atoms. The highest BCUT2D eigenvalue weighted by Crippen LogP contribution is 2.42. The molecular formula is C13H16O3. The van der Waals surface area contributed by atoms with Crippen molar-refractivity contribution in [1.82, 2.24) is 0 Å². The van der Waals surface area contributed by atoms with Crippen LogP contribution in [0.15, 0.2) is 6.07 Å². The third kappa shape index (κ3) is 1.47. The number of ether oxygens (including phenoxy) is 1. The number of aromatic carboxylic acids is 1. The van der Waals surface area contributed by atoms with E-state index in [9.17, 15) is 9.90 Å². The molecule has 86 valence electrons. The lowest BCUT2D eigenvalue weighted by Crippen LogP contribution is -2.07. The minimum absolute atomic E-state index is 0.392. The molecule has 1 N–H and O–H groups in total. The highest BCUT2D eigenvalue weighted by molar-refractivity contribution is 5.92. The summed E-state index contributed by atoms with van der Waals surface area (Å²) in [6, 6.07) is 1.84. The van der Waals surface area contributed by atoms with Crippen LogP contribution in [0.25, 0.3) is 0 Å². The Balaban J connectivity index is 2.72. The van der Waals surface area contributed by atoms with E-state index >= 15 is 0 Å². The Labute approximate surface area is 95.0 Å². The van der Waals surface area contributed by atoms with Crippen LogP contribution in [-0.4, -0.2) is 18.2 Å². The van der Waals surface area contributed by atoms with Crippen molar-refractivity contribution in [3.63, 3.8) is 0 Å². The number of fused-ring (bicyclic) bond motifs is 1. The molecule has 1 aromatic rings. The minimum Gasteiger partial charge on any atom is -0.496 e. The van der Waals surface area contributed by atoms with E-state index in [1.54, 1.807) is 7.11 Å². The lowest BCUT2D eigenvalue weighted by molar-refractivity contribution is 0.0695. The topological polar surface area (TPSA) is 46.5 Å². The molecular weight excluding hydrogens is 204 g/mol. The van der Waals surface area contributed by atoms with E-state index in [0.717, 1.165) is 35.3 Å². The van der Waals surface area contributed by atoms with Crippen molar-refractivity contribution >= 4 is 5.97 Å². The SMILES string of the molecule is COc1cc(C)c(C(=O)O)c2c1C(C)CC2. The van der Waals surface area contributed by atoms with E-state index in [-0.39, 0.29) is 0 Å². The largest absolute Gasteiger partial charge is 0.496 e. The lowest BCUT2D eigenvalue weighted by atomic mass is 9.95. The van der Waals surface area contributed by atoms with Gasteiger partial charge in [-0.25, -0.2) is 4.79 Å². The Bertz CT molecular complexity index is 449. The van der Waals surface area contributed by atoms with E-state index in [4.69, 9.17) is 4.74 Å². The predicted molar refractivity (Wildman–Crippen MR) is 61.4 cm³/mol. The number of carboxylic acid groups (broad SMARTS) is 1. The number of aryl methyl sites for hydroxylation is 1. The van der Waals surface area contributed by atoms with Gasteiger partial charge in [0.25, 0.3) is 0 Å². The third-order valence-corrected chi connectivity index (χ3v) is 3.39. The summed E-state index contributed by atoms with van der Waals surface area (Å²) in [5.74, 6) is 0.400. The van der Waals surface area contributed by atoms with Gasteiger partial charge in [0.15, 0.2) is 0 Å². The van der Waals surface area contributed by atoms with Gasteiger partial charge in [0, 0.05) is 5.56 Å². The second-order valence-electron chi connectivity index (χ2n) is 4.41. The maximum Gasteiger partial charge on any atom is 0.336 e. The van der Waals surface area contributed by atoms with Crippen molar-refractivity contribution in [3.8, 4) is 5.75 Å². The van der Waals surface area contributed by atoms with Crippen LogP contribution in [-0.2, 0) is 6.42 Å². The van der Waals surface area contributed by atoms with Gasteiger partial charge in [0.2, 0.25) is 0 Å². The van der Waals surface area contributed by atoms with Gasteiger partial charge in [-0.3, -0.25) is 0 Å². The zero-order chi connectivity index (χ0) is 11.9. The second-order valence-corrected chi connectivity index (χ2v) is 4.41. The van der Waals surface area contributed by atoms with Crippen LogP contribution in [0.2, 0.25) is 0 Å². The van der Waals surface area contributed by atoms with Gasteiger partial charge in [0.05, 0.1) is 12.7 Å². The molecule has 1 aliphatic carbocycles. The molecule has 0 bridgehead atoms. The molecule has 0 heterocycles. The summed E-state index contributed by atoms with van der Waals surface area (Å²) in [6.07, 6.45) is 1.85. The van der Waals surface area contributed by atoms with Crippen LogP contribution in [0.1, 0.15) is 46.3 Å². The van der Waals surface area contributed by atoms with E-state index < -0.39 is 5.97 Å². The van der Waals surface area contributed by atoms with E-state index in [1.807, 2.05) is 13.0 Å². The summed E-state index contributed by atoms with van der Waals surface area (Å²) >= 11 is 0. The molecule has 0 radical (unpaired) electrons. The first-order chi connectivity index (χ1) is 7.56. The molecule has 3 heteroatoms. The molecule has 3 nitrogen and oxygen atoms in total. The normalized spacial score (nSPS) is 18.3. The molecule has 0 saturated heterocycles. The van der Waals surface area contributed by atoms with Crippen molar-refractivity contribution in [2.75, 3.05) is 7.11 Å². The van der Waals surface area contributed by atoms with Crippen LogP contribution >= 0.6 is 0 Å². The Morgan fingerprint density at radius 2 is 2.25 bits per heavy atom. The molecule has 0 amide bonds. The molecule has 1 aliphatic rings. The van der Waals surface area contributed by atoms with E-state index in [2.05, 4.69) is 6.92 Å². The Morgan fingerprint density at radius 3 is 2.81 bits per heavy atom. The van der Waals surface area contributed by atoms with Crippen molar-refractivity contribution in [2.45, 2.75) is 32.6 Å². The van der Waals surface area contributed by atoms with Crippen molar-refractivity contribution in [1.29, 1.82) is 0 Å². The van der Waals surface area contributed by atoms with Crippen LogP contribution < -0.4 is 4.74 Å². The average molecular weight is 220 g/mol. The summed E-state index contributed by atoms with van der Waals surface area (Å²) in [7, 11) is 1.64. The fourth-order valence-corrected chi connectivity index (χ4v) is 2.64. The average Bonchev–Trinajstić information content (AvgIpc) is 2.59. The first-order valence-corrected chi connectivity index (χ1v) is 5.50. The van der Waals surface area contributed by atoms with Gasteiger partial charge in [-0.1, -0.05) is 6.92 Å². The zero-order valence-corrected chi connectivity index (χ0v) is 9.83. The van der Waals surface area contributed by atoms with Crippen LogP contribution in [0.5, 0.6) is 5.75 Å². The van der Waals surface area contributed by atoms with Gasteiger partial charge in [-0.15, -0.1) is 0 Å². The highest BCUT2D eigenvalue weighted by atomic mass is 16.5. The summed E-state index contributed by atoms with van der Waals surface area (Å²) in [4.78, 5) is 11.2. The quantitative estimate of drug-likeness (QED) is 0.833. The first kappa shape index (κ1) is 11.0. The van der Waals surface area contributed by atoms with Gasteiger partial charge >= 0.3 is 5.97 Å². The van der Waals surface area contributed by atoms with E-state index in [1.165, 1.54) is 0 Å². The maximum atomic E-state index is 11.2. The van der Waals surface area contributed by atoms with Gasteiger partial charge in [-0.2, -0.15) is 0 Å². The first-order valence-electron chi connectivity index (χ1n) is 5.50. The Hall–Kier alpha value is -1.51. The van der Waals surface area contributed by atoms with Crippen LogP contribution in [0, 0.1) is 6.92 Å². The van der Waals surface area contributed by atoms with Crippen molar-refractivity contribution in [2.24, 2.45) is 0 Å². The van der Waals surface area contributed by atoms with Crippen LogP contribution in [0.4, 0.5) is 0 Å². The van der Waals surface area contributed by atoms with Gasteiger partial charge < -0.3 is 9.84 Å². The fourth-order valence-electron chi connectivity index (χ4n) is 2.64. The molecule has 1 unspecified atom stereocenters. The number of carbonyl (C=O) groups is 1. The minimum atomic E-state index is -0.828. The summed E-state index contributed by atoms with van der Waals surface area (Å²) in [5, 5.41) is 9.24. The number of hydrogen-bond donors (Lipinski definition) is 1. The fraction of sp³-hybridized carbons (Fsp3) is 0.462. The summed E-state index contributed by atoms with van der Waals surface area (Å²) in [5.41, 5.74) is 3.32. The van der Waals surface area contributed by atoms with Gasteiger partial charge in [-0.05, 0) is 42.9 Å². The molecule has 1 atom stereocenters. The smallest absolute Gasteiger partial charge is 0.336 e. The molecule has 1 aromatic carbocycles. The van der Waals surface area contributed by atoms with E-state index in [0.29, 0.717) is 11.5 Å². The standard InChI is InChI=1S/C13H16O3/c1-7-4-5-9-11(7)10(16-3)6-8(2)12(9)13(14)15/h6-7H,4-5H2,1-3H3,(H,14,15). The third-order valence-electron chi connectivity index (χ3n) is 3.39. The second kappa shape index (κ2) is 3.81. The molecule has 2 rings (SSSR count). The number of carboxylic acids is 1. The number of benzene rings is 1. The summed E-state index contributed by atoms with van der Waals surface area (Å²) in [6.45, 7) is 3.95. The van der Waals surface area contributed by atoms with Gasteiger partial charge in [0.1, 0.15) is 5.75 Å². The molecule has 0 saturated carbocycles. The zero-order valence-electron chi connectivity index (χ0n) is 9.83. The van der Waals surface area contributed by atoms with Crippen LogP contribution in [0.3, 0.4) is 0 Å². The molecule has 0 aromatic heterocycles. The van der Waals surface area contributed by atoms with Crippen molar-refractivity contribution < 1.29 is 14.6 Å². The van der Waals surface area contributed by atoms with Crippen molar-refractivity contribution in [3.05, 3.63) is 28.3 Å². The maximum absolute atomic E-state index is 11.2. The molecule has 0 fully saturated rings. The number of hydrogen-bond acceptors (Lipinski definition) is 2. The molecule has 16 heavy (non-hydrogen) atoms. The monoisotopic (exact) mass is 220 g/mol. The Kier molecular flexibility index (Phi) is 2.62. The Morgan fingerprint density at radius 1 is 1.56 bits per heavy atom. The summed E-state index contributed by atoms with van der Waals surface area (Å²) < 4.78 is 5.35.